The third-order valence-corrected chi connectivity index (χ3v) is 9.08. The number of anilines is 2. The molecule has 15 heteroatoms. The average Bonchev–Trinajstić information content (AvgIpc) is 3.05. The van der Waals surface area contributed by atoms with E-state index in [1.165, 1.54) is 0 Å². The van der Waals surface area contributed by atoms with Gasteiger partial charge in [0, 0.05) is 57.4 Å². The van der Waals surface area contributed by atoms with E-state index in [2.05, 4.69) is 23.3 Å². The third kappa shape index (κ3) is 16.1. The van der Waals surface area contributed by atoms with Crippen molar-refractivity contribution in [3.8, 4) is 0 Å². The molecule has 0 aromatic heterocycles. The van der Waals surface area contributed by atoms with Crippen LogP contribution in [0.25, 0.3) is 0 Å². The highest BCUT2D eigenvalue weighted by atomic mass is 35.5. The number of hydrogen-bond donors (Lipinski definition) is 5. The SMILES string of the molecule is CCCN(CCN(CCN(CC=O)CCN(C)CS)C(CCCNC(=O)Cc1ccccc1Nc1c(Cl)cccc1Cl)C(=O)O)CC(=O)O. The van der Waals surface area contributed by atoms with Gasteiger partial charge in [0.2, 0.25) is 5.91 Å². The van der Waals surface area contributed by atoms with Crippen molar-refractivity contribution in [2.75, 3.05) is 83.7 Å². The molecule has 1 unspecified atom stereocenters. The summed E-state index contributed by atoms with van der Waals surface area (Å²) in [5.74, 6) is -1.59. The van der Waals surface area contributed by atoms with Gasteiger partial charge in [0.25, 0.3) is 0 Å². The fourth-order valence-corrected chi connectivity index (χ4v) is 5.93. The Morgan fingerprint density at radius 1 is 0.918 bits per heavy atom. The molecule has 0 fully saturated rings. The number of carboxylic acids is 2. The molecule has 0 aliphatic heterocycles. The molecule has 1 atom stereocenters. The van der Waals surface area contributed by atoms with Gasteiger partial charge in [0.1, 0.15) is 12.3 Å². The van der Waals surface area contributed by atoms with Crippen LogP contribution in [0.1, 0.15) is 31.7 Å². The van der Waals surface area contributed by atoms with Crippen LogP contribution in [-0.4, -0.2) is 138 Å². The molecular weight excluding hydrogens is 691 g/mol. The van der Waals surface area contributed by atoms with Crippen LogP contribution in [0.15, 0.2) is 42.5 Å². The first kappa shape index (κ1) is 42.3. The molecule has 0 saturated carbocycles. The predicted molar refractivity (Wildman–Crippen MR) is 198 cm³/mol. The number of nitrogens with one attached hydrogen (secondary N) is 2. The number of hydrogen-bond acceptors (Lipinski definition) is 10. The number of halogens is 2. The van der Waals surface area contributed by atoms with Crippen LogP contribution in [0, 0.1) is 0 Å². The summed E-state index contributed by atoms with van der Waals surface area (Å²) in [6.45, 7) is 5.72. The Bertz CT molecular complexity index is 1320. The monoisotopic (exact) mass is 740 g/mol. The van der Waals surface area contributed by atoms with Crippen molar-refractivity contribution >= 4 is 71.3 Å². The molecule has 4 N–H and O–H groups in total. The molecule has 2 aromatic rings. The Balaban J connectivity index is 2.07. The highest BCUT2D eigenvalue weighted by Gasteiger charge is 2.26. The zero-order valence-electron chi connectivity index (χ0n) is 28.3. The number of aldehydes is 1. The molecule has 0 bridgehead atoms. The molecule has 272 valence electrons. The minimum Gasteiger partial charge on any atom is -0.480 e. The molecule has 0 spiro atoms. The quantitative estimate of drug-likeness (QED) is 0.0412. The lowest BCUT2D eigenvalue weighted by molar-refractivity contribution is -0.144. The molecule has 2 aromatic carbocycles. The van der Waals surface area contributed by atoms with Crippen molar-refractivity contribution in [1.29, 1.82) is 0 Å². The first-order valence-electron chi connectivity index (χ1n) is 16.4. The van der Waals surface area contributed by atoms with Crippen molar-refractivity contribution in [1.82, 2.24) is 24.9 Å². The smallest absolute Gasteiger partial charge is 0.320 e. The second-order valence-corrected chi connectivity index (χ2v) is 12.9. The van der Waals surface area contributed by atoms with Crippen molar-refractivity contribution in [3.63, 3.8) is 0 Å². The van der Waals surface area contributed by atoms with Crippen LogP contribution in [0.2, 0.25) is 10.0 Å². The summed E-state index contributed by atoms with van der Waals surface area (Å²) in [5, 5.41) is 26.7. The number of likely N-dealkylation sites (N-methyl/N-ethyl adjacent to an activating group) is 1. The van der Waals surface area contributed by atoms with Crippen LogP contribution < -0.4 is 10.6 Å². The molecular formula is C34H50Cl2N6O6S. The number of aliphatic carboxylic acids is 2. The zero-order chi connectivity index (χ0) is 36.2. The second kappa shape index (κ2) is 23.5. The van der Waals surface area contributed by atoms with Crippen LogP contribution in [0.5, 0.6) is 0 Å². The summed E-state index contributed by atoms with van der Waals surface area (Å²) in [4.78, 5) is 56.0. The predicted octanol–water partition coefficient (Wildman–Crippen LogP) is 4.05. The maximum absolute atomic E-state index is 12.9. The zero-order valence-corrected chi connectivity index (χ0v) is 30.7. The lowest BCUT2D eigenvalue weighted by Crippen LogP contribution is -2.49. The van der Waals surface area contributed by atoms with E-state index in [9.17, 15) is 29.4 Å². The van der Waals surface area contributed by atoms with Crippen LogP contribution in [0.4, 0.5) is 11.4 Å². The first-order chi connectivity index (χ1) is 23.5. The molecule has 12 nitrogen and oxygen atoms in total. The highest BCUT2D eigenvalue weighted by Crippen LogP contribution is 2.33. The Morgan fingerprint density at radius 2 is 1.57 bits per heavy atom. The summed E-state index contributed by atoms with van der Waals surface area (Å²) in [6.07, 6.45) is 2.36. The molecule has 49 heavy (non-hydrogen) atoms. The number of para-hydroxylation sites is 2. The maximum Gasteiger partial charge on any atom is 0.320 e. The molecule has 2 rings (SSSR count). The van der Waals surface area contributed by atoms with Crippen molar-refractivity contribution in [2.24, 2.45) is 0 Å². The molecule has 0 heterocycles. The van der Waals surface area contributed by atoms with E-state index in [1.807, 2.05) is 52.9 Å². The van der Waals surface area contributed by atoms with Crippen LogP contribution in [-0.2, 0) is 25.6 Å². The average molecular weight is 742 g/mol. The third-order valence-electron chi connectivity index (χ3n) is 7.97. The minimum absolute atomic E-state index is 0.0888. The summed E-state index contributed by atoms with van der Waals surface area (Å²) in [5.41, 5.74) is 1.97. The van der Waals surface area contributed by atoms with Crippen LogP contribution >= 0.6 is 35.8 Å². The topological polar surface area (TPSA) is 146 Å². The van der Waals surface area contributed by atoms with Gasteiger partial charge in [0.15, 0.2) is 0 Å². The van der Waals surface area contributed by atoms with E-state index in [0.717, 1.165) is 18.3 Å². The number of carbonyl (C=O) groups excluding carboxylic acids is 2. The summed E-state index contributed by atoms with van der Waals surface area (Å²) in [6, 6.07) is 11.7. The Morgan fingerprint density at radius 3 is 2.18 bits per heavy atom. The fraction of sp³-hybridized carbons (Fsp3) is 0.529. The van der Waals surface area contributed by atoms with E-state index in [-0.39, 0.29) is 38.4 Å². The highest BCUT2D eigenvalue weighted by molar-refractivity contribution is 7.80. The summed E-state index contributed by atoms with van der Waals surface area (Å²) >= 11 is 16.9. The van der Waals surface area contributed by atoms with E-state index in [1.54, 1.807) is 23.1 Å². The lowest BCUT2D eigenvalue weighted by Gasteiger charge is -2.33. The Hall–Kier alpha value is -2.91. The number of amides is 1. The van der Waals surface area contributed by atoms with Crippen molar-refractivity contribution in [3.05, 3.63) is 58.1 Å². The maximum atomic E-state index is 12.9. The van der Waals surface area contributed by atoms with Crippen molar-refractivity contribution in [2.45, 2.75) is 38.6 Å². The molecule has 1 amide bonds. The van der Waals surface area contributed by atoms with Gasteiger partial charge in [-0.1, -0.05) is 54.4 Å². The molecule has 0 radical (unpaired) electrons. The number of carbonyl (C=O) groups is 4. The van der Waals surface area contributed by atoms with Gasteiger partial charge in [-0.05, 0) is 56.6 Å². The number of rotatable bonds is 26. The van der Waals surface area contributed by atoms with Gasteiger partial charge >= 0.3 is 11.9 Å². The number of nitrogens with zero attached hydrogens (tertiary/aromatic N) is 4. The van der Waals surface area contributed by atoms with Gasteiger partial charge in [0.05, 0.1) is 35.2 Å². The van der Waals surface area contributed by atoms with Gasteiger partial charge in [-0.15, -0.1) is 0 Å². The van der Waals surface area contributed by atoms with Gasteiger partial charge in [-0.2, -0.15) is 12.6 Å². The Kier molecular flexibility index (Phi) is 20.3. The van der Waals surface area contributed by atoms with E-state index < -0.39 is 18.0 Å². The normalized spacial score (nSPS) is 12.1. The standard InChI is InChI=1S/C34H50Cl2N6O6S/c1-3-14-41(24-32(45)46)18-20-42(19-17-40(21-22-43)16-15-39(2)25-49)30(34(47)48)12-7-13-37-31(44)23-26-8-4-5-11-29(26)38-33-27(35)9-6-10-28(33)36/h4-6,8-11,22,30,38,49H,3,7,12-21,23-25H2,1-2H3,(H,37,44)(H,45,46)(H,47,48). The largest absolute Gasteiger partial charge is 0.480 e. The Labute approximate surface area is 305 Å². The number of benzene rings is 2. The first-order valence-corrected chi connectivity index (χ1v) is 17.8. The van der Waals surface area contributed by atoms with Gasteiger partial charge < -0.3 is 25.6 Å². The second-order valence-electron chi connectivity index (χ2n) is 11.8. The van der Waals surface area contributed by atoms with E-state index >= 15 is 0 Å². The minimum atomic E-state index is -0.999. The molecule has 0 saturated heterocycles. The number of thiol groups is 1. The molecule has 0 aliphatic carbocycles. The van der Waals surface area contributed by atoms with E-state index in [4.69, 9.17) is 23.2 Å². The van der Waals surface area contributed by atoms with Crippen molar-refractivity contribution < 1.29 is 29.4 Å². The fourth-order valence-electron chi connectivity index (χ4n) is 5.29. The van der Waals surface area contributed by atoms with E-state index in [0.29, 0.717) is 79.5 Å². The molecule has 0 aliphatic rings. The van der Waals surface area contributed by atoms with Gasteiger partial charge in [-0.25, -0.2) is 0 Å². The summed E-state index contributed by atoms with van der Waals surface area (Å²) in [7, 11) is 1.93. The lowest BCUT2D eigenvalue weighted by atomic mass is 10.1. The van der Waals surface area contributed by atoms with Gasteiger partial charge in [-0.3, -0.25) is 34.0 Å². The summed E-state index contributed by atoms with van der Waals surface area (Å²) < 4.78 is 0. The number of carboxylic acid groups (broad SMARTS) is 2. The van der Waals surface area contributed by atoms with Crippen LogP contribution in [0.3, 0.4) is 0 Å².